The van der Waals surface area contributed by atoms with Crippen molar-refractivity contribution in [1.29, 1.82) is 0 Å². The van der Waals surface area contributed by atoms with Crippen LogP contribution in [-0.4, -0.2) is 46.7 Å². The number of aliphatic hydroxyl groups is 1. The summed E-state index contributed by atoms with van der Waals surface area (Å²) in [4.78, 5) is 25.4. The fourth-order valence-corrected chi connectivity index (χ4v) is 3.18. The SMILES string of the molecule is Cc1cccc(F)c1C(O)C1CCC(=O)N1CCNC(=O)OC(C)(C)C. The van der Waals surface area contributed by atoms with Gasteiger partial charge >= 0.3 is 6.09 Å². The Labute approximate surface area is 153 Å². The lowest BCUT2D eigenvalue weighted by molar-refractivity contribution is -0.130. The van der Waals surface area contributed by atoms with E-state index in [4.69, 9.17) is 4.74 Å². The van der Waals surface area contributed by atoms with E-state index in [1.807, 2.05) is 0 Å². The van der Waals surface area contributed by atoms with Crippen LogP contribution in [0.25, 0.3) is 0 Å². The zero-order valence-corrected chi connectivity index (χ0v) is 15.7. The highest BCUT2D eigenvalue weighted by molar-refractivity contribution is 5.79. The van der Waals surface area contributed by atoms with Gasteiger partial charge in [0.1, 0.15) is 17.5 Å². The van der Waals surface area contributed by atoms with Gasteiger partial charge in [0.15, 0.2) is 0 Å². The highest BCUT2D eigenvalue weighted by Gasteiger charge is 2.37. The number of hydrogen-bond acceptors (Lipinski definition) is 4. The number of nitrogens with zero attached hydrogens (tertiary/aromatic N) is 1. The summed E-state index contributed by atoms with van der Waals surface area (Å²) in [5.74, 6) is -0.599. The Hall–Kier alpha value is -2.15. The summed E-state index contributed by atoms with van der Waals surface area (Å²) >= 11 is 0. The van der Waals surface area contributed by atoms with Gasteiger partial charge in [0, 0.05) is 25.1 Å². The van der Waals surface area contributed by atoms with Crippen LogP contribution in [0.1, 0.15) is 50.8 Å². The second-order valence-corrected chi connectivity index (χ2v) is 7.54. The maximum Gasteiger partial charge on any atom is 0.407 e. The molecule has 0 radical (unpaired) electrons. The fourth-order valence-electron chi connectivity index (χ4n) is 3.18. The van der Waals surface area contributed by atoms with Gasteiger partial charge in [-0.2, -0.15) is 0 Å². The third kappa shape index (κ3) is 4.94. The summed E-state index contributed by atoms with van der Waals surface area (Å²) in [6, 6.07) is 4.10. The molecule has 0 aliphatic carbocycles. The molecule has 1 aliphatic rings. The van der Waals surface area contributed by atoms with Gasteiger partial charge in [-0.3, -0.25) is 4.79 Å². The normalized spacial score (nSPS) is 18.8. The highest BCUT2D eigenvalue weighted by Crippen LogP contribution is 2.32. The molecule has 144 valence electrons. The van der Waals surface area contributed by atoms with Crippen LogP contribution in [0, 0.1) is 12.7 Å². The predicted molar refractivity (Wildman–Crippen MR) is 95.1 cm³/mol. The largest absolute Gasteiger partial charge is 0.444 e. The second-order valence-electron chi connectivity index (χ2n) is 7.54. The van der Waals surface area contributed by atoms with Gasteiger partial charge in [0.05, 0.1) is 6.04 Å². The minimum atomic E-state index is -1.11. The molecule has 0 bridgehead atoms. The predicted octanol–water partition coefficient (Wildman–Crippen LogP) is 2.68. The fraction of sp³-hybridized carbons (Fsp3) is 0.579. The summed E-state index contributed by atoms with van der Waals surface area (Å²) in [6.07, 6.45) is -0.933. The van der Waals surface area contributed by atoms with Crippen LogP contribution in [0.5, 0.6) is 0 Å². The number of alkyl carbamates (subject to hydrolysis) is 1. The smallest absolute Gasteiger partial charge is 0.407 e. The number of nitrogens with one attached hydrogen (secondary N) is 1. The first-order valence-corrected chi connectivity index (χ1v) is 8.79. The van der Waals surface area contributed by atoms with Crippen LogP contribution in [0.2, 0.25) is 0 Å². The average molecular weight is 366 g/mol. The molecule has 26 heavy (non-hydrogen) atoms. The lowest BCUT2D eigenvalue weighted by Gasteiger charge is -2.30. The zero-order chi connectivity index (χ0) is 19.5. The van der Waals surface area contributed by atoms with Gasteiger partial charge in [-0.05, 0) is 45.7 Å². The van der Waals surface area contributed by atoms with Gasteiger partial charge in [-0.15, -0.1) is 0 Å². The first-order chi connectivity index (χ1) is 12.1. The number of carbonyl (C=O) groups excluding carboxylic acids is 2. The van der Waals surface area contributed by atoms with E-state index in [1.54, 1.807) is 39.8 Å². The first-order valence-electron chi connectivity index (χ1n) is 8.79. The van der Waals surface area contributed by atoms with E-state index in [0.717, 1.165) is 0 Å². The Bertz CT molecular complexity index is 652. The molecule has 1 aliphatic heterocycles. The van der Waals surface area contributed by atoms with Crippen molar-refractivity contribution in [3.05, 3.63) is 35.1 Å². The molecule has 2 unspecified atom stereocenters. The summed E-state index contributed by atoms with van der Waals surface area (Å²) < 4.78 is 19.3. The molecule has 1 aromatic rings. The molecule has 2 amide bonds. The van der Waals surface area contributed by atoms with E-state index in [-0.39, 0.29) is 24.6 Å². The number of ether oxygens (including phenoxy) is 1. The van der Waals surface area contributed by atoms with Gasteiger partial charge < -0.3 is 20.1 Å². The van der Waals surface area contributed by atoms with E-state index < -0.39 is 29.7 Å². The van der Waals surface area contributed by atoms with E-state index in [0.29, 0.717) is 18.4 Å². The van der Waals surface area contributed by atoms with Crippen molar-refractivity contribution in [1.82, 2.24) is 10.2 Å². The molecular formula is C19H27FN2O4. The Morgan fingerprint density at radius 3 is 2.77 bits per heavy atom. The van der Waals surface area contributed by atoms with Crippen molar-refractivity contribution >= 4 is 12.0 Å². The van der Waals surface area contributed by atoms with Crippen LogP contribution < -0.4 is 5.32 Å². The van der Waals surface area contributed by atoms with Gasteiger partial charge in [-0.1, -0.05) is 12.1 Å². The van der Waals surface area contributed by atoms with Crippen molar-refractivity contribution in [2.75, 3.05) is 13.1 Å². The Kier molecular flexibility index (Phi) is 6.23. The summed E-state index contributed by atoms with van der Waals surface area (Å²) in [5, 5.41) is 13.3. The van der Waals surface area contributed by atoms with Crippen LogP contribution in [-0.2, 0) is 9.53 Å². The highest BCUT2D eigenvalue weighted by atomic mass is 19.1. The molecule has 7 heteroatoms. The van der Waals surface area contributed by atoms with Crippen molar-refractivity contribution in [2.24, 2.45) is 0 Å². The van der Waals surface area contributed by atoms with Crippen LogP contribution in [0.4, 0.5) is 9.18 Å². The molecule has 1 saturated heterocycles. The summed E-state index contributed by atoms with van der Waals surface area (Å²) in [5.41, 5.74) is 0.259. The second kappa shape index (κ2) is 8.03. The van der Waals surface area contributed by atoms with Gasteiger partial charge in [-0.25, -0.2) is 9.18 Å². The van der Waals surface area contributed by atoms with E-state index in [2.05, 4.69) is 5.32 Å². The van der Waals surface area contributed by atoms with Crippen molar-refractivity contribution < 1.29 is 23.8 Å². The number of rotatable bonds is 5. The molecule has 0 aromatic heterocycles. The molecule has 1 aromatic carbocycles. The van der Waals surface area contributed by atoms with Crippen LogP contribution in [0.3, 0.4) is 0 Å². The molecular weight excluding hydrogens is 339 g/mol. The topological polar surface area (TPSA) is 78.9 Å². The minimum Gasteiger partial charge on any atom is -0.444 e. The molecule has 1 heterocycles. The lowest BCUT2D eigenvalue weighted by Crippen LogP contribution is -2.43. The maximum absolute atomic E-state index is 14.2. The average Bonchev–Trinajstić information content (AvgIpc) is 2.86. The summed E-state index contributed by atoms with van der Waals surface area (Å²) in [7, 11) is 0. The minimum absolute atomic E-state index is 0.117. The van der Waals surface area contributed by atoms with Crippen LogP contribution >= 0.6 is 0 Å². The number of benzene rings is 1. The summed E-state index contributed by atoms with van der Waals surface area (Å²) in [6.45, 7) is 7.44. The number of carbonyl (C=O) groups is 2. The van der Waals surface area contributed by atoms with E-state index >= 15 is 0 Å². The standard InChI is InChI=1S/C19H27FN2O4/c1-12-6-5-7-13(20)16(12)17(24)14-8-9-15(23)22(14)11-10-21-18(25)26-19(2,3)4/h5-7,14,17,24H,8-11H2,1-4H3,(H,21,25). The zero-order valence-electron chi connectivity index (χ0n) is 15.7. The first kappa shape index (κ1) is 20.2. The number of aryl methyl sites for hydroxylation is 1. The lowest BCUT2D eigenvalue weighted by atomic mass is 9.96. The van der Waals surface area contributed by atoms with Crippen molar-refractivity contribution in [3.8, 4) is 0 Å². The van der Waals surface area contributed by atoms with Gasteiger partial charge in [0.25, 0.3) is 0 Å². The molecule has 6 nitrogen and oxygen atoms in total. The quantitative estimate of drug-likeness (QED) is 0.840. The van der Waals surface area contributed by atoms with E-state index in [1.165, 1.54) is 11.0 Å². The molecule has 2 atom stereocenters. The Morgan fingerprint density at radius 2 is 2.15 bits per heavy atom. The maximum atomic E-state index is 14.2. The molecule has 2 N–H and O–H groups in total. The van der Waals surface area contributed by atoms with Crippen LogP contribution in [0.15, 0.2) is 18.2 Å². The van der Waals surface area contributed by atoms with Gasteiger partial charge in [0.2, 0.25) is 5.91 Å². The Morgan fingerprint density at radius 1 is 1.46 bits per heavy atom. The third-order valence-electron chi connectivity index (χ3n) is 4.33. The third-order valence-corrected chi connectivity index (χ3v) is 4.33. The molecule has 0 spiro atoms. The van der Waals surface area contributed by atoms with E-state index in [9.17, 15) is 19.1 Å². The molecule has 2 rings (SSSR count). The number of amides is 2. The van der Waals surface area contributed by atoms with Crippen molar-refractivity contribution in [2.45, 2.75) is 58.3 Å². The number of aliphatic hydroxyl groups excluding tert-OH is 1. The monoisotopic (exact) mass is 366 g/mol. The number of hydrogen-bond donors (Lipinski definition) is 2. The number of halogens is 1. The van der Waals surface area contributed by atoms with Crippen molar-refractivity contribution in [3.63, 3.8) is 0 Å². The molecule has 0 saturated carbocycles. The molecule has 1 fully saturated rings. The Balaban J connectivity index is 2.01. The number of likely N-dealkylation sites (tertiary alicyclic amines) is 1.